The summed E-state index contributed by atoms with van der Waals surface area (Å²) in [5.41, 5.74) is 0.698. The Hall–Kier alpha value is -1.09. The summed E-state index contributed by atoms with van der Waals surface area (Å²) in [7, 11) is 1.75. The molecule has 0 aromatic heterocycles. The van der Waals surface area contributed by atoms with E-state index in [-0.39, 0.29) is 5.91 Å². The molecule has 0 fully saturated rings. The smallest absolute Gasteiger partial charge is 0.253 e. The molecule has 0 unspecified atom stereocenters. The van der Waals surface area contributed by atoms with Crippen molar-refractivity contribution in [1.29, 1.82) is 0 Å². The monoisotopic (exact) mass is 253 g/mol. The molecular weight excluding hydrogens is 242 g/mol. The van der Waals surface area contributed by atoms with Gasteiger partial charge in [-0.05, 0) is 12.1 Å². The van der Waals surface area contributed by atoms with Crippen LogP contribution >= 0.6 is 15.9 Å². The molecule has 1 amide bonds. The van der Waals surface area contributed by atoms with E-state index in [1.807, 2.05) is 18.2 Å². The molecule has 0 N–H and O–H groups in total. The van der Waals surface area contributed by atoms with Crippen molar-refractivity contribution in [3.05, 3.63) is 47.0 Å². The van der Waals surface area contributed by atoms with Gasteiger partial charge in [0.1, 0.15) is 0 Å². The molecule has 0 aliphatic heterocycles. The first-order chi connectivity index (χ1) is 6.61. The maximum absolute atomic E-state index is 11.7. The number of amides is 1. The molecule has 0 aliphatic carbocycles. The van der Waals surface area contributed by atoms with Crippen LogP contribution in [0.25, 0.3) is 0 Å². The summed E-state index contributed by atoms with van der Waals surface area (Å²) >= 11 is 3.23. The average molecular weight is 254 g/mol. The van der Waals surface area contributed by atoms with Crippen molar-refractivity contribution in [1.82, 2.24) is 4.90 Å². The Labute approximate surface area is 92.4 Å². The zero-order valence-electron chi connectivity index (χ0n) is 8.03. The van der Waals surface area contributed by atoms with E-state index >= 15 is 0 Å². The minimum Gasteiger partial charge on any atom is -0.337 e. The molecule has 0 saturated carbocycles. The fourth-order valence-corrected chi connectivity index (χ4v) is 1.51. The van der Waals surface area contributed by atoms with E-state index in [2.05, 4.69) is 22.5 Å². The molecule has 0 bridgehead atoms. The number of benzene rings is 1. The molecule has 0 spiro atoms. The standard InChI is InChI=1S/C11H12BrNO/c1-9(12)8-13(2)11(14)10-6-4-3-5-7-10/h3-7H,1,8H2,2H3. The highest BCUT2D eigenvalue weighted by molar-refractivity contribution is 9.11. The summed E-state index contributed by atoms with van der Waals surface area (Å²) < 4.78 is 0.796. The first-order valence-corrected chi connectivity index (χ1v) is 5.04. The molecule has 0 atom stereocenters. The molecule has 3 heteroatoms. The van der Waals surface area contributed by atoms with Crippen LogP contribution in [0.4, 0.5) is 0 Å². The number of carbonyl (C=O) groups excluding carboxylic acids is 1. The fourth-order valence-electron chi connectivity index (χ4n) is 1.13. The molecule has 0 saturated heterocycles. The molecule has 0 radical (unpaired) electrons. The minimum atomic E-state index is 0.00574. The predicted octanol–water partition coefficient (Wildman–Crippen LogP) is 2.67. The summed E-state index contributed by atoms with van der Waals surface area (Å²) in [5, 5.41) is 0. The van der Waals surface area contributed by atoms with Crippen LogP contribution in [0.3, 0.4) is 0 Å². The summed E-state index contributed by atoms with van der Waals surface area (Å²) in [6.45, 7) is 4.22. The number of carbonyl (C=O) groups is 1. The summed E-state index contributed by atoms with van der Waals surface area (Å²) in [5.74, 6) is 0.00574. The molecule has 0 heterocycles. The second-order valence-corrected chi connectivity index (χ2v) is 4.17. The fraction of sp³-hybridized carbons (Fsp3) is 0.182. The third-order valence-corrected chi connectivity index (χ3v) is 2.03. The normalized spacial score (nSPS) is 9.57. The van der Waals surface area contributed by atoms with Crippen LogP contribution in [0.2, 0.25) is 0 Å². The topological polar surface area (TPSA) is 20.3 Å². The van der Waals surface area contributed by atoms with Crippen molar-refractivity contribution in [3.63, 3.8) is 0 Å². The van der Waals surface area contributed by atoms with E-state index < -0.39 is 0 Å². The van der Waals surface area contributed by atoms with Crippen LogP contribution in [-0.2, 0) is 0 Å². The first-order valence-electron chi connectivity index (χ1n) is 4.25. The van der Waals surface area contributed by atoms with Gasteiger partial charge in [0.15, 0.2) is 0 Å². The van der Waals surface area contributed by atoms with Gasteiger partial charge < -0.3 is 4.90 Å². The lowest BCUT2D eigenvalue weighted by Gasteiger charge is -2.16. The quantitative estimate of drug-likeness (QED) is 0.812. The third-order valence-electron chi connectivity index (χ3n) is 1.78. The summed E-state index contributed by atoms with van der Waals surface area (Å²) in [4.78, 5) is 13.4. The molecule has 74 valence electrons. The van der Waals surface area contributed by atoms with Gasteiger partial charge in [0, 0.05) is 17.1 Å². The van der Waals surface area contributed by atoms with Gasteiger partial charge in [-0.3, -0.25) is 4.79 Å². The molecule has 1 aromatic carbocycles. The Morgan fingerprint density at radius 2 is 2.00 bits per heavy atom. The summed E-state index contributed by atoms with van der Waals surface area (Å²) in [6.07, 6.45) is 0. The molecule has 1 aromatic rings. The van der Waals surface area contributed by atoms with Crippen molar-refractivity contribution in [2.75, 3.05) is 13.6 Å². The number of rotatable bonds is 3. The minimum absolute atomic E-state index is 0.00574. The molecular formula is C11H12BrNO. The van der Waals surface area contributed by atoms with Gasteiger partial charge >= 0.3 is 0 Å². The van der Waals surface area contributed by atoms with Crippen molar-refractivity contribution in [2.45, 2.75) is 0 Å². The number of nitrogens with zero attached hydrogens (tertiary/aromatic N) is 1. The lowest BCUT2D eigenvalue weighted by molar-refractivity contribution is 0.0809. The zero-order valence-corrected chi connectivity index (χ0v) is 9.62. The van der Waals surface area contributed by atoms with Crippen LogP contribution < -0.4 is 0 Å². The highest BCUT2D eigenvalue weighted by atomic mass is 79.9. The maximum atomic E-state index is 11.7. The second kappa shape index (κ2) is 4.96. The lowest BCUT2D eigenvalue weighted by Crippen LogP contribution is -2.27. The zero-order chi connectivity index (χ0) is 10.6. The number of halogens is 1. The maximum Gasteiger partial charge on any atom is 0.253 e. The number of hydrogen-bond acceptors (Lipinski definition) is 1. The van der Waals surface area contributed by atoms with Crippen LogP contribution in [0.1, 0.15) is 10.4 Å². The highest BCUT2D eigenvalue weighted by Crippen LogP contribution is 2.07. The van der Waals surface area contributed by atoms with E-state index in [0.29, 0.717) is 12.1 Å². The lowest BCUT2D eigenvalue weighted by atomic mass is 10.2. The number of hydrogen-bond donors (Lipinski definition) is 0. The van der Waals surface area contributed by atoms with Crippen LogP contribution in [0.15, 0.2) is 41.4 Å². The first kappa shape index (κ1) is 11.0. The van der Waals surface area contributed by atoms with Gasteiger partial charge in [-0.25, -0.2) is 0 Å². The van der Waals surface area contributed by atoms with Crippen molar-refractivity contribution in [3.8, 4) is 0 Å². The van der Waals surface area contributed by atoms with E-state index in [1.165, 1.54) is 0 Å². The highest BCUT2D eigenvalue weighted by Gasteiger charge is 2.10. The van der Waals surface area contributed by atoms with Gasteiger partial charge in [0.25, 0.3) is 5.91 Å². The van der Waals surface area contributed by atoms with Crippen LogP contribution in [0.5, 0.6) is 0 Å². The molecule has 2 nitrogen and oxygen atoms in total. The van der Waals surface area contributed by atoms with Gasteiger partial charge in [-0.2, -0.15) is 0 Å². The Morgan fingerprint density at radius 1 is 1.43 bits per heavy atom. The third kappa shape index (κ3) is 3.00. The molecule has 0 aliphatic rings. The SMILES string of the molecule is C=C(Br)CN(C)C(=O)c1ccccc1. The predicted molar refractivity (Wildman–Crippen MR) is 61.5 cm³/mol. The van der Waals surface area contributed by atoms with Gasteiger partial charge in [0.2, 0.25) is 0 Å². The number of likely N-dealkylation sites (N-methyl/N-ethyl adjacent to an activating group) is 1. The van der Waals surface area contributed by atoms with Crippen molar-refractivity contribution in [2.24, 2.45) is 0 Å². The second-order valence-electron chi connectivity index (χ2n) is 3.04. The Kier molecular flexibility index (Phi) is 3.89. The molecule has 14 heavy (non-hydrogen) atoms. The van der Waals surface area contributed by atoms with Gasteiger partial charge in [-0.15, -0.1) is 0 Å². The summed E-state index contributed by atoms with van der Waals surface area (Å²) in [6, 6.07) is 9.19. The van der Waals surface area contributed by atoms with Crippen LogP contribution in [0, 0.1) is 0 Å². The van der Waals surface area contributed by atoms with E-state index in [1.54, 1.807) is 24.1 Å². The van der Waals surface area contributed by atoms with Crippen molar-refractivity contribution < 1.29 is 4.79 Å². The Morgan fingerprint density at radius 3 is 2.50 bits per heavy atom. The largest absolute Gasteiger partial charge is 0.337 e. The van der Waals surface area contributed by atoms with Gasteiger partial charge in [0.05, 0.1) is 6.54 Å². The average Bonchev–Trinajstić information content (AvgIpc) is 2.17. The van der Waals surface area contributed by atoms with E-state index in [0.717, 1.165) is 4.48 Å². The Bertz CT molecular complexity index is 334. The van der Waals surface area contributed by atoms with Crippen molar-refractivity contribution >= 4 is 21.8 Å². The van der Waals surface area contributed by atoms with E-state index in [4.69, 9.17) is 0 Å². The van der Waals surface area contributed by atoms with Crippen LogP contribution in [-0.4, -0.2) is 24.4 Å². The van der Waals surface area contributed by atoms with E-state index in [9.17, 15) is 4.79 Å². The van der Waals surface area contributed by atoms with Gasteiger partial charge in [-0.1, -0.05) is 40.7 Å². The molecule has 1 rings (SSSR count). The Balaban J connectivity index is 2.71.